The average Bonchev–Trinajstić information content (AvgIpc) is 2.30. The molecule has 0 aliphatic rings. The van der Waals surface area contributed by atoms with E-state index in [0.29, 0.717) is 0 Å². The molecule has 1 N–H and O–H groups in total. The molecule has 0 atom stereocenters. The van der Waals surface area contributed by atoms with Gasteiger partial charge in [-0.25, -0.2) is 4.79 Å². The van der Waals surface area contributed by atoms with Crippen LogP contribution in [-0.2, 0) is 9.53 Å². The molecule has 1 aromatic carbocycles. The van der Waals surface area contributed by atoms with Crippen molar-refractivity contribution in [3.05, 3.63) is 39.9 Å². The lowest BCUT2D eigenvalue weighted by Crippen LogP contribution is -2.17. The van der Waals surface area contributed by atoms with Crippen LogP contribution in [0.3, 0.4) is 0 Å². The van der Waals surface area contributed by atoms with Gasteiger partial charge >= 0.3 is 5.97 Å². The normalized spacial score (nSPS) is 10.9. The van der Waals surface area contributed by atoms with E-state index in [1.165, 1.54) is 24.3 Å². The topological polar surface area (TPSA) is 102 Å². The van der Waals surface area contributed by atoms with Gasteiger partial charge in [0.1, 0.15) is 0 Å². The number of esters is 1. The molecule has 0 aliphatic carbocycles. The maximum absolute atomic E-state index is 11.1. The molecule has 1 aromatic rings. The molecule has 16 heavy (non-hydrogen) atoms. The number of hydrogen-bond acceptors (Lipinski definition) is 6. The lowest BCUT2D eigenvalue weighted by Gasteiger charge is -2.01. The number of nitrogens with zero attached hydrogens (tertiary/aromatic N) is 2. The van der Waals surface area contributed by atoms with Crippen molar-refractivity contribution in [1.29, 1.82) is 0 Å². The summed E-state index contributed by atoms with van der Waals surface area (Å²) in [6.45, 7) is 0. The van der Waals surface area contributed by atoms with Crippen molar-refractivity contribution >= 4 is 17.4 Å². The quantitative estimate of drug-likeness (QED) is 0.270. The number of non-ortho nitro benzene ring substituents is 1. The van der Waals surface area contributed by atoms with Crippen LogP contribution in [0.15, 0.2) is 29.4 Å². The first kappa shape index (κ1) is 11.6. The van der Waals surface area contributed by atoms with Gasteiger partial charge in [0.25, 0.3) is 5.69 Å². The smallest absolute Gasteiger partial charge is 0.360 e. The Kier molecular flexibility index (Phi) is 3.54. The van der Waals surface area contributed by atoms with Crippen molar-refractivity contribution in [1.82, 2.24) is 0 Å². The molecule has 0 saturated carbocycles. The van der Waals surface area contributed by atoms with Gasteiger partial charge in [0.15, 0.2) is 5.71 Å². The number of benzene rings is 1. The highest BCUT2D eigenvalue weighted by molar-refractivity contribution is 6.43. The van der Waals surface area contributed by atoms with Crippen LogP contribution in [0.2, 0.25) is 0 Å². The molecular formula is C9H8N2O5. The molecular weight excluding hydrogens is 216 g/mol. The summed E-state index contributed by atoms with van der Waals surface area (Å²) in [4.78, 5) is 20.9. The number of oxime groups is 1. The zero-order valence-corrected chi connectivity index (χ0v) is 8.28. The number of methoxy groups -OCH3 is 1. The van der Waals surface area contributed by atoms with Crippen molar-refractivity contribution in [2.75, 3.05) is 7.11 Å². The summed E-state index contributed by atoms with van der Waals surface area (Å²) in [6, 6.07) is 4.99. The predicted octanol–water partition coefficient (Wildman–Crippen LogP) is 0.946. The molecule has 0 radical (unpaired) electrons. The molecule has 0 fully saturated rings. The van der Waals surface area contributed by atoms with Crippen molar-refractivity contribution in [2.24, 2.45) is 5.16 Å². The number of rotatable bonds is 3. The average molecular weight is 224 g/mol. The van der Waals surface area contributed by atoms with Crippen LogP contribution in [0, 0.1) is 10.1 Å². The fourth-order valence-electron chi connectivity index (χ4n) is 1.05. The van der Waals surface area contributed by atoms with Crippen LogP contribution < -0.4 is 0 Å². The van der Waals surface area contributed by atoms with Gasteiger partial charge in [-0.1, -0.05) is 5.16 Å². The van der Waals surface area contributed by atoms with Gasteiger partial charge < -0.3 is 9.94 Å². The number of nitro groups is 1. The molecule has 0 aliphatic heterocycles. The van der Waals surface area contributed by atoms with E-state index in [2.05, 4.69) is 9.89 Å². The van der Waals surface area contributed by atoms with Crippen molar-refractivity contribution in [2.45, 2.75) is 0 Å². The Morgan fingerprint density at radius 1 is 1.44 bits per heavy atom. The molecule has 0 amide bonds. The van der Waals surface area contributed by atoms with Crippen molar-refractivity contribution in [3.63, 3.8) is 0 Å². The highest BCUT2D eigenvalue weighted by Crippen LogP contribution is 2.12. The minimum Gasteiger partial charge on any atom is -0.464 e. The fourth-order valence-corrected chi connectivity index (χ4v) is 1.05. The van der Waals surface area contributed by atoms with E-state index >= 15 is 0 Å². The second kappa shape index (κ2) is 4.87. The largest absolute Gasteiger partial charge is 0.464 e. The molecule has 0 aromatic heterocycles. The SMILES string of the molecule is COC(=O)/C(=N\O)c1ccc([N+](=O)[O-])cc1. The maximum Gasteiger partial charge on any atom is 0.360 e. The van der Waals surface area contributed by atoms with Crippen LogP contribution in [0.5, 0.6) is 0 Å². The Morgan fingerprint density at radius 3 is 2.38 bits per heavy atom. The summed E-state index contributed by atoms with van der Waals surface area (Å²) in [6.07, 6.45) is 0. The van der Waals surface area contributed by atoms with E-state index in [1.807, 2.05) is 0 Å². The van der Waals surface area contributed by atoms with Gasteiger partial charge in [-0.15, -0.1) is 0 Å². The van der Waals surface area contributed by atoms with Gasteiger partial charge in [0, 0.05) is 17.7 Å². The molecule has 1 rings (SSSR count). The van der Waals surface area contributed by atoms with Gasteiger partial charge in [-0.2, -0.15) is 0 Å². The molecule has 0 spiro atoms. The zero-order valence-electron chi connectivity index (χ0n) is 8.28. The van der Waals surface area contributed by atoms with E-state index in [-0.39, 0.29) is 17.0 Å². The van der Waals surface area contributed by atoms with Gasteiger partial charge in [-0.3, -0.25) is 10.1 Å². The summed E-state index contributed by atoms with van der Waals surface area (Å²) in [5.74, 6) is -0.823. The van der Waals surface area contributed by atoms with Gasteiger partial charge in [0.2, 0.25) is 0 Å². The van der Waals surface area contributed by atoms with Crippen molar-refractivity contribution in [3.8, 4) is 0 Å². The fraction of sp³-hybridized carbons (Fsp3) is 0.111. The third-order valence-corrected chi connectivity index (χ3v) is 1.83. The van der Waals surface area contributed by atoms with Crippen LogP contribution in [0.4, 0.5) is 5.69 Å². The Labute approximate surface area is 90.1 Å². The minimum absolute atomic E-state index is 0.120. The highest BCUT2D eigenvalue weighted by atomic mass is 16.6. The Hall–Kier alpha value is -2.44. The molecule has 84 valence electrons. The van der Waals surface area contributed by atoms with E-state index in [4.69, 9.17) is 5.21 Å². The second-order valence-electron chi connectivity index (χ2n) is 2.74. The summed E-state index contributed by atoms with van der Waals surface area (Å²) in [7, 11) is 1.14. The molecule has 0 unspecified atom stereocenters. The lowest BCUT2D eigenvalue weighted by atomic mass is 10.1. The molecule has 0 bridgehead atoms. The first-order valence-electron chi connectivity index (χ1n) is 4.15. The third-order valence-electron chi connectivity index (χ3n) is 1.83. The third kappa shape index (κ3) is 2.32. The van der Waals surface area contributed by atoms with E-state index in [9.17, 15) is 14.9 Å². The minimum atomic E-state index is -0.823. The first-order chi connectivity index (χ1) is 7.60. The number of ether oxygens (including phenoxy) is 1. The highest BCUT2D eigenvalue weighted by Gasteiger charge is 2.16. The second-order valence-corrected chi connectivity index (χ2v) is 2.74. The standard InChI is InChI=1S/C9H8N2O5/c1-16-9(12)8(10-13)6-2-4-7(5-3-6)11(14)15/h2-5,13H,1H3/b10-8-. The van der Waals surface area contributed by atoms with Gasteiger partial charge in [-0.05, 0) is 12.1 Å². The van der Waals surface area contributed by atoms with E-state index < -0.39 is 10.9 Å². The van der Waals surface area contributed by atoms with E-state index in [1.54, 1.807) is 0 Å². The van der Waals surface area contributed by atoms with Gasteiger partial charge in [0.05, 0.1) is 12.0 Å². The molecule has 0 saturated heterocycles. The molecule has 7 heteroatoms. The number of nitro benzene ring substituents is 1. The van der Waals surface area contributed by atoms with Crippen LogP contribution in [0.25, 0.3) is 0 Å². The number of carbonyl (C=O) groups is 1. The zero-order chi connectivity index (χ0) is 12.1. The first-order valence-corrected chi connectivity index (χ1v) is 4.15. The lowest BCUT2D eigenvalue weighted by molar-refractivity contribution is -0.384. The number of hydrogen-bond donors (Lipinski definition) is 1. The number of carbonyl (C=O) groups excluding carboxylic acids is 1. The maximum atomic E-state index is 11.1. The van der Waals surface area contributed by atoms with Crippen LogP contribution >= 0.6 is 0 Å². The Bertz CT molecular complexity index is 438. The summed E-state index contributed by atoms with van der Waals surface area (Å²) >= 11 is 0. The predicted molar refractivity (Wildman–Crippen MR) is 53.4 cm³/mol. The summed E-state index contributed by atoms with van der Waals surface area (Å²) < 4.78 is 4.37. The van der Waals surface area contributed by atoms with Crippen molar-refractivity contribution < 1.29 is 19.7 Å². The Morgan fingerprint density at radius 2 is 2.00 bits per heavy atom. The summed E-state index contributed by atoms with van der Waals surface area (Å²) in [5.41, 5.74) is -0.191. The molecule has 7 nitrogen and oxygen atoms in total. The molecule has 0 heterocycles. The Balaban J connectivity index is 3.05. The van der Waals surface area contributed by atoms with Crippen LogP contribution in [0.1, 0.15) is 5.56 Å². The monoisotopic (exact) mass is 224 g/mol. The van der Waals surface area contributed by atoms with Crippen LogP contribution in [-0.4, -0.2) is 28.9 Å². The van der Waals surface area contributed by atoms with E-state index in [0.717, 1.165) is 7.11 Å². The summed E-state index contributed by atoms with van der Waals surface area (Å²) in [5, 5.41) is 21.8.